The number of amides is 1. The van der Waals surface area contributed by atoms with E-state index < -0.39 is 33.5 Å². The molecule has 3 N–H and O–H groups in total. The smallest absolute Gasteiger partial charge is 0.298 e. The molecule has 3 aromatic carbocycles. The Bertz CT molecular complexity index is 1480. The topological polar surface area (TPSA) is 92.5 Å². The predicted molar refractivity (Wildman–Crippen MR) is 151 cm³/mol. The SMILES string of the molecule is CC(C)c1ccc2cc(S(=O)(=O)NC(C(=O)N3C4CCC3CC(N)C4)C(F)(F)c3ccc(Br)cc3)ccc2c1. The van der Waals surface area contributed by atoms with E-state index in [1.165, 1.54) is 41.3 Å². The van der Waals surface area contributed by atoms with Crippen LogP contribution in [0.15, 0.2) is 70.0 Å². The van der Waals surface area contributed by atoms with Crippen molar-refractivity contribution in [1.29, 1.82) is 0 Å². The van der Waals surface area contributed by atoms with Gasteiger partial charge in [0.15, 0.2) is 6.04 Å². The predicted octanol–water partition coefficient (Wildman–Crippen LogP) is 5.65. The molecular formula is C29H32BrF2N3O3S. The Kier molecular flexibility index (Phi) is 7.60. The highest BCUT2D eigenvalue weighted by molar-refractivity contribution is 9.10. The van der Waals surface area contributed by atoms with Crippen LogP contribution in [0.25, 0.3) is 10.8 Å². The number of piperidine rings is 1. The first kappa shape index (κ1) is 28.1. The zero-order chi connectivity index (χ0) is 28.1. The van der Waals surface area contributed by atoms with Crippen LogP contribution in [0.1, 0.15) is 56.6 Å². The highest BCUT2D eigenvalue weighted by Crippen LogP contribution is 2.40. The number of hydrogen-bond donors (Lipinski definition) is 2. The second kappa shape index (κ2) is 10.5. The number of nitrogens with zero attached hydrogens (tertiary/aromatic N) is 1. The molecule has 0 aliphatic carbocycles. The van der Waals surface area contributed by atoms with E-state index in [1.807, 2.05) is 18.2 Å². The number of fused-ring (bicyclic) bond motifs is 3. The van der Waals surface area contributed by atoms with Gasteiger partial charge in [0.25, 0.3) is 5.92 Å². The van der Waals surface area contributed by atoms with Gasteiger partial charge in [0.2, 0.25) is 15.9 Å². The molecule has 3 aromatic rings. The third kappa shape index (κ3) is 5.49. The lowest BCUT2D eigenvalue weighted by molar-refractivity contribution is -0.149. The van der Waals surface area contributed by atoms with Gasteiger partial charge in [-0.05, 0) is 72.2 Å². The second-order valence-electron chi connectivity index (χ2n) is 11.0. The largest absolute Gasteiger partial charge is 0.335 e. The first-order valence-electron chi connectivity index (χ1n) is 13.1. The number of rotatable bonds is 7. The molecule has 2 aliphatic rings. The van der Waals surface area contributed by atoms with Gasteiger partial charge in [0, 0.05) is 28.2 Å². The zero-order valence-electron chi connectivity index (χ0n) is 21.8. The summed E-state index contributed by atoms with van der Waals surface area (Å²) in [7, 11) is -4.50. The van der Waals surface area contributed by atoms with Crippen LogP contribution in [0.2, 0.25) is 0 Å². The number of nitrogens with one attached hydrogen (secondary N) is 1. The van der Waals surface area contributed by atoms with E-state index in [0.717, 1.165) is 10.9 Å². The molecular weight excluding hydrogens is 588 g/mol. The van der Waals surface area contributed by atoms with Crippen LogP contribution in [0.4, 0.5) is 8.78 Å². The first-order valence-corrected chi connectivity index (χ1v) is 15.4. The van der Waals surface area contributed by atoms with Crippen molar-refractivity contribution in [3.05, 3.63) is 76.3 Å². The van der Waals surface area contributed by atoms with Crippen molar-refractivity contribution in [2.75, 3.05) is 0 Å². The van der Waals surface area contributed by atoms with E-state index >= 15 is 8.78 Å². The standard InChI is InChI=1S/C29H32BrF2N3O3S/c1-17(2)18-3-4-20-14-26(12-5-19(20)13-18)39(37,38)34-27(29(31,32)21-6-8-22(30)9-7-21)28(36)35-24-10-11-25(35)16-23(33)15-24/h3-9,12-14,17,23-25,27,34H,10-11,15-16,33H2,1-2H3. The molecule has 0 radical (unpaired) electrons. The van der Waals surface area contributed by atoms with Gasteiger partial charge in [0.1, 0.15) is 0 Å². The molecule has 208 valence electrons. The Morgan fingerprint density at radius 2 is 1.59 bits per heavy atom. The second-order valence-corrected chi connectivity index (χ2v) is 13.6. The maximum Gasteiger partial charge on any atom is 0.298 e. The number of carbonyl (C=O) groups excluding carboxylic acids is 1. The fourth-order valence-electron chi connectivity index (χ4n) is 5.84. The molecule has 0 saturated carbocycles. The highest BCUT2D eigenvalue weighted by Gasteiger charge is 2.53. The van der Waals surface area contributed by atoms with Crippen LogP contribution in [0.3, 0.4) is 0 Å². The van der Waals surface area contributed by atoms with Gasteiger partial charge in [-0.2, -0.15) is 13.5 Å². The van der Waals surface area contributed by atoms with Crippen LogP contribution >= 0.6 is 15.9 Å². The molecule has 2 aliphatic heterocycles. The number of halogens is 3. The Morgan fingerprint density at radius 1 is 1.00 bits per heavy atom. The fourth-order valence-corrected chi connectivity index (χ4v) is 7.33. The van der Waals surface area contributed by atoms with Crippen LogP contribution in [-0.2, 0) is 20.7 Å². The fraction of sp³-hybridized carbons (Fsp3) is 0.414. The Labute approximate surface area is 236 Å². The molecule has 39 heavy (non-hydrogen) atoms. The summed E-state index contributed by atoms with van der Waals surface area (Å²) in [6.07, 6.45) is 2.34. The van der Waals surface area contributed by atoms with Gasteiger partial charge in [-0.15, -0.1) is 0 Å². The summed E-state index contributed by atoms with van der Waals surface area (Å²) in [5, 5.41) is 1.50. The number of nitrogens with two attached hydrogens (primary N) is 1. The van der Waals surface area contributed by atoms with Gasteiger partial charge in [-0.3, -0.25) is 4.79 Å². The van der Waals surface area contributed by atoms with Gasteiger partial charge >= 0.3 is 0 Å². The van der Waals surface area contributed by atoms with Crippen molar-refractivity contribution in [3.63, 3.8) is 0 Å². The third-order valence-electron chi connectivity index (χ3n) is 7.95. The van der Waals surface area contributed by atoms with E-state index in [1.54, 1.807) is 6.07 Å². The van der Waals surface area contributed by atoms with Crippen LogP contribution in [-0.4, -0.2) is 43.4 Å². The molecule has 6 nitrogen and oxygen atoms in total. The first-order chi connectivity index (χ1) is 18.4. The van der Waals surface area contributed by atoms with E-state index in [2.05, 4.69) is 34.5 Å². The molecule has 5 rings (SSSR count). The minimum Gasteiger partial charge on any atom is -0.335 e. The lowest BCUT2D eigenvalue weighted by Gasteiger charge is -2.41. The molecule has 0 aromatic heterocycles. The van der Waals surface area contributed by atoms with Crippen molar-refractivity contribution in [2.24, 2.45) is 5.73 Å². The summed E-state index contributed by atoms with van der Waals surface area (Å²) in [4.78, 5) is 15.1. The highest BCUT2D eigenvalue weighted by atomic mass is 79.9. The Balaban J connectivity index is 1.52. The molecule has 0 spiro atoms. The Morgan fingerprint density at radius 3 is 2.21 bits per heavy atom. The van der Waals surface area contributed by atoms with Gasteiger partial charge in [-0.1, -0.05) is 66.2 Å². The van der Waals surface area contributed by atoms with Crippen LogP contribution < -0.4 is 10.5 Å². The van der Waals surface area contributed by atoms with E-state index in [-0.39, 0.29) is 23.0 Å². The average Bonchev–Trinajstić information content (AvgIpc) is 3.17. The summed E-state index contributed by atoms with van der Waals surface area (Å²) in [6, 6.07) is 12.5. The van der Waals surface area contributed by atoms with Crippen molar-refractivity contribution >= 4 is 42.6 Å². The van der Waals surface area contributed by atoms with Crippen molar-refractivity contribution in [1.82, 2.24) is 9.62 Å². The van der Waals surface area contributed by atoms with Crippen molar-refractivity contribution in [3.8, 4) is 0 Å². The van der Waals surface area contributed by atoms with E-state index in [0.29, 0.717) is 41.5 Å². The van der Waals surface area contributed by atoms with E-state index in [4.69, 9.17) is 5.73 Å². The lowest BCUT2D eigenvalue weighted by Crippen LogP contribution is -2.60. The Hall–Kier alpha value is -2.40. The minimum atomic E-state index is -4.50. The third-order valence-corrected chi connectivity index (χ3v) is 9.90. The summed E-state index contributed by atoms with van der Waals surface area (Å²) in [5.41, 5.74) is 6.78. The summed E-state index contributed by atoms with van der Waals surface area (Å²) in [6.45, 7) is 4.13. The number of alkyl halides is 2. The normalized spacial score (nSPS) is 22.4. The summed E-state index contributed by atoms with van der Waals surface area (Å²) in [5.74, 6) is -4.44. The van der Waals surface area contributed by atoms with E-state index in [9.17, 15) is 13.2 Å². The quantitative estimate of drug-likeness (QED) is 0.358. The van der Waals surface area contributed by atoms with Gasteiger partial charge in [-0.25, -0.2) is 8.42 Å². The molecule has 2 bridgehead atoms. The number of hydrogen-bond acceptors (Lipinski definition) is 4. The molecule has 10 heteroatoms. The van der Waals surface area contributed by atoms with Gasteiger partial charge < -0.3 is 10.6 Å². The maximum atomic E-state index is 16.1. The molecule has 1 amide bonds. The maximum absolute atomic E-state index is 16.1. The minimum absolute atomic E-state index is 0.109. The number of benzene rings is 3. The van der Waals surface area contributed by atoms with Crippen LogP contribution in [0, 0.1) is 0 Å². The molecule has 2 saturated heterocycles. The average molecular weight is 621 g/mol. The molecule has 2 fully saturated rings. The molecule has 3 unspecified atom stereocenters. The summed E-state index contributed by atoms with van der Waals surface area (Å²) >= 11 is 3.24. The van der Waals surface area contributed by atoms with Gasteiger partial charge in [0.05, 0.1) is 4.90 Å². The molecule has 2 heterocycles. The monoisotopic (exact) mass is 619 g/mol. The molecule has 3 atom stereocenters. The number of carbonyl (C=O) groups is 1. The zero-order valence-corrected chi connectivity index (χ0v) is 24.2. The lowest BCUT2D eigenvalue weighted by atomic mass is 9.95. The van der Waals surface area contributed by atoms with Crippen LogP contribution in [0.5, 0.6) is 0 Å². The summed E-state index contributed by atoms with van der Waals surface area (Å²) < 4.78 is 62.1. The van der Waals surface area contributed by atoms with Crippen molar-refractivity contribution < 1.29 is 22.0 Å². The van der Waals surface area contributed by atoms with Crippen molar-refractivity contribution in [2.45, 2.75) is 80.4 Å². The number of sulfonamides is 1.